The molecule has 1 heteroatoms. The summed E-state index contributed by atoms with van der Waals surface area (Å²) >= 11 is 0. The van der Waals surface area contributed by atoms with Gasteiger partial charge in [-0.2, -0.15) is 0 Å². The summed E-state index contributed by atoms with van der Waals surface area (Å²) in [6, 6.07) is 0. The molecule has 0 aromatic rings. The van der Waals surface area contributed by atoms with Crippen LogP contribution in [-0.4, -0.2) is 25.1 Å². The average Bonchev–Trinajstić information content (AvgIpc) is 1.94. The van der Waals surface area contributed by atoms with Gasteiger partial charge in [0, 0.05) is 0 Å². The average molecular weight is 171 g/mol. The second-order valence-corrected chi connectivity index (χ2v) is 4.43. The van der Waals surface area contributed by atoms with E-state index in [1.165, 1.54) is 45.1 Å². The first kappa shape index (κ1) is 12.0. The van der Waals surface area contributed by atoms with Crippen LogP contribution in [-0.2, 0) is 0 Å². The van der Waals surface area contributed by atoms with Crippen molar-refractivity contribution in [3.05, 3.63) is 7.05 Å². The molecule has 0 unspecified atom stereocenters. The Kier molecular flexibility index (Phi) is 6.45. The molecule has 1 radical (unpaired) electrons. The molecule has 0 aliphatic carbocycles. The second kappa shape index (κ2) is 6.47. The molecule has 73 valence electrons. The monoisotopic (exact) mass is 171 g/mol. The Hall–Kier alpha value is -0.0400. The zero-order valence-corrected chi connectivity index (χ0v) is 9.10. The summed E-state index contributed by atoms with van der Waals surface area (Å²) in [5.74, 6) is 0. The van der Waals surface area contributed by atoms with Crippen LogP contribution in [0.2, 0.25) is 0 Å². The van der Waals surface area contributed by atoms with Crippen molar-refractivity contribution in [1.82, 2.24) is 0 Å². The molecule has 12 heavy (non-hydrogen) atoms. The summed E-state index contributed by atoms with van der Waals surface area (Å²) in [7, 11) is 8.36. The SMILES string of the molecule is [CH2][N+](C)(C)CCCCCCCC. The van der Waals surface area contributed by atoms with Crippen LogP contribution >= 0.6 is 0 Å². The van der Waals surface area contributed by atoms with Gasteiger partial charge in [0.1, 0.15) is 7.05 Å². The first-order valence-corrected chi connectivity index (χ1v) is 5.23. The largest absolute Gasteiger partial charge is 0.324 e. The van der Waals surface area contributed by atoms with Crippen molar-refractivity contribution in [3.63, 3.8) is 0 Å². The lowest BCUT2D eigenvalue weighted by molar-refractivity contribution is -0.845. The van der Waals surface area contributed by atoms with Gasteiger partial charge >= 0.3 is 0 Å². The molecule has 0 N–H and O–H groups in total. The number of unbranched alkanes of at least 4 members (excludes halogenated alkanes) is 5. The third kappa shape index (κ3) is 9.96. The molecule has 0 aromatic carbocycles. The first-order chi connectivity index (χ1) is 5.56. The number of nitrogens with zero attached hydrogens (tertiary/aromatic N) is 1. The highest BCUT2D eigenvalue weighted by Gasteiger charge is 2.05. The molecule has 0 spiro atoms. The summed E-state index contributed by atoms with van der Waals surface area (Å²) in [6.07, 6.45) is 8.30. The van der Waals surface area contributed by atoms with E-state index in [1.807, 2.05) is 0 Å². The molecule has 0 aliphatic rings. The van der Waals surface area contributed by atoms with Crippen molar-refractivity contribution < 1.29 is 4.48 Å². The standard InChI is InChI=1S/C11H25N/c1-5-6-7-8-9-10-11-12(2,3)4/h2,5-11H2,1,3-4H3/q+1. The Morgan fingerprint density at radius 2 is 1.42 bits per heavy atom. The summed E-state index contributed by atoms with van der Waals surface area (Å²) in [6.45, 7) is 3.47. The Morgan fingerprint density at radius 3 is 1.92 bits per heavy atom. The van der Waals surface area contributed by atoms with E-state index in [0.717, 1.165) is 4.48 Å². The van der Waals surface area contributed by atoms with Crippen LogP contribution in [0, 0.1) is 7.05 Å². The molecule has 0 aromatic heterocycles. The first-order valence-electron chi connectivity index (χ1n) is 5.23. The van der Waals surface area contributed by atoms with E-state index in [0.29, 0.717) is 0 Å². The van der Waals surface area contributed by atoms with E-state index < -0.39 is 0 Å². The van der Waals surface area contributed by atoms with Crippen LogP contribution in [0.5, 0.6) is 0 Å². The summed E-state index contributed by atoms with van der Waals surface area (Å²) in [5.41, 5.74) is 0. The Morgan fingerprint density at radius 1 is 0.917 bits per heavy atom. The fourth-order valence-electron chi connectivity index (χ4n) is 1.32. The second-order valence-electron chi connectivity index (χ2n) is 4.43. The Bertz CT molecular complexity index is 91.7. The highest BCUT2D eigenvalue weighted by atomic mass is 15.3. The lowest BCUT2D eigenvalue weighted by Gasteiger charge is -2.22. The van der Waals surface area contributed by atoms with Gasteiger partial charge < -0.3 is 4.48 Å². The molecule has 0 atom stereocenters. The highest BCUT2D eigenvalue weighted by Crippen LogP contribution is 2.06. The quantitative estimate of drug-likeness (QED) is 0.407. The minimum Gasteiger partial charge on any atom is -0.324 e. The van der Waals surface area contributed by atoms with Crippen molar-refractivity contribution in [2.45, 2.75) is 45.4 Å². The van der Waals surface area contributed by atoms with Crippen LogP contribution < -0.4 is 0 Å². The molecule has 1 nitrogen and oxygen atoms in total. The Balaban J connectivity index is 3.01. The Labute approximate surface area is 78.4 Å². The molecular weight excluding hydrogens is 146 g/mol. The van der Waals surface area contributed by atoms with E-state index in [4.69, 9.17) is 0 Å². The van der Waals surface area contributed by atoms with Gasteiger partial charge in [-0.15, -0.1) is 0 Å². The van der Waals surface area contributed by atoms with E-state index in [1.54, 1.807) is 0 Å². The number of quaternary nitrogens is 1. The molecule has 0 amide bonds. The van der Waals surface area contributed by atoms with Gasteiger partial charge in [-0.3, -0.25) is 0 Å². The van der Waals surface area contributed by atoms with Gasteiger partial charge in [-0.1, -0.05) is 32.6 Å². The maximum absolute atomic E-state index is 4.04. The molecule has 0 bridgehead atoms. The molecular formula is C11H25N+. The maximum Gasteiger partial charge on any atom is 0.128 e. The van der Waals surface area contributed by atoms with Gasteiger partial charge in [0.2, 0.25) is 0 Å². The highest BCUT2D eigenvalue weighted by molar-refractivity contribution is 4.43. The maximum atomic E-state index is 4.04. The summed E-state index contributed by atoms with van der Waals surface area (Å²) in [5, 5.41) is 0. The van der Waals surface area contributed by atoms with Crippen molar-refractivity contribution in [2.24, 2.45) is 0 Å². The molecule has 0 fully saturated rings. The van der Waals surface area contributed by atoms with Gasteiger partial charge in [-0.25, -0.2) is 0 Å². The van der Waals surface area contributed by atoms with Crippen molar-refractivity contribution in [2.75, 3.05) is 20.6 Å². The molecule has 0 saturated carbocycles. The summed E-state index contributed by atoms with van der Waals surface area (Å²) in [4.78, 5) is 0. The van der Waals surface area contributed by atoms with E-state index in [2.05, 4.69) is 28.1 Å². The van der Waals surface area contributed by atoms with Gasteiger partial charge in [0.25, 0.3) is 0 Å². The van der Waals surface area contributed by atoms with Crippen LogP contribution in [0.1, 0.15) is 45.4 Å². The van der Waals surface area contributed by atoms with Crippen LogP contribution in [0.4, 0.5) is 0 Å². The topological polar surface area (TPSA) is 0 Å². The molecule has 0 rings (SSSR count). The lowest BCUT2D eigenvalue weighted by atomic mass is 10.1. The molecule has 0 heterocycles. The van der Waals surface area contributed by atoms with Gasteiger partial charge in [-0.05, 0) is 12.8 Å². The summed E-state index contributed by atoms with van der Waals surface area (Å²) < 4.78 is 0.869. The smallest absolute Gasteiger partial charge is 0.128 e. The van der Waals surface area contributed by atoms with Gasteiger partial charge in [0.15, 0.2) is 0 Å². The van der Waals surface area contributed by atoms with Crippen molar-refractivity contribution in [3.8, 4) is 0 Å². The third-order valence-corrected chi connectivity index (χ3v) is 2.12. The number of hydrogen-bond acceptors (Lipinski definition) is 0. The fourth-order valence-corrected chi connectivity index (χ4v) is 1.32. The van der Waals surface area contributed by atoms with Crippen LogP contribution in [0.15, 0.2) is 0 Å². The zero-order valence-electron chi connectivity index (χ0n) is 9.10. The van der Waals surface area contributed by atoms with E-state index in [9.17, 15) is 0 Å². The van der Waals surface area contributed by atoms with Crippen molar-refractivity contribution in [1.29, 1.82) is 0 Å². The van der Waals surface area contributed by atoms with E-state index in [-0.39, 0.29) is 0 Å². The predicted octanol–water partition coefficient (Wildman–Crippen LogP) is 3.21. The zero-order chi connectivity index (χ0) is 9.45. The van der Waals surface area contributed by atoms with Crippen LogP contribution in [0.3, 0.4) is 0 Å². The lowest BCUT2D eigenvalue weighted by Crippen LogP contribution is -2.32. The van der Waals surface area contributed by atoms with Crippen LogP contribution in [0.25, 0.3) is 0 Å². The third-order valence-electron chi connectivity index (χ3n) is 2.12. The molecule has 0 saturated heterocycles. The minimum atomic E-state index is 0.869. The van der Waals surface area contributed by atoms with Gasteiger partial charge in [0.05, 0.1) is 20.6 Å². The fraction of sp³-hybridized carbons (Fsp3) is 0.909. The normalized spacial score (nSPS) is 12.0. The van der Waals surface area contributed by atoms with E-state index >= 15 is 0 Å². The minimum absolute atomic E-state index is 0.869. The number of rotatable bonds is 7. The molecule has 0 aliphatic heterocycles. The van der Waals surface area contributed by atoms with Crippen molar-refractivity contribution >= 4 is 0 Å². The number of hydrogen-bond donors (Lipinski definition) is 0. The predicted molar refractivity (Wildman–Crippen MR) is 55.7 cm³/mol.